The van der Waals surface area contributed by atoms with Crippen LogP contribution < -0.4 is 15.0 Å². The molecule has 2 heterocycles. The number of carbonyl (C=O) groups excluding carboxylic acids is 2. The Bertz CT molecular complexity index is 953. The minimum Gasteiger partial charge on any atom is -0.449 e. The Balaban J connectivity index is 1.54. The number of rotatable bonds is 5. The van der Waals surface area contributed by atoms with Crippen LogP contribution in [-0.2, 0) is 14.3 Å². The molecule has 0 aliphatic carbocycles. The minimum absolute atomic E-state index is 0.0543. The predicted molar refractivity (Wildman–Crippen MR) is 114 cm³/mol. The van der Waals surface area contributed by atoms with Crippen LogP contribution in [0.1, 0.15) is 18.4 Å². The summed E-state index contributed by atoms with van der Waals surface area (Å²) in [5.41, 5.74) is 1.40. The van der Waals surface area contributed by atoms with Crippen LogP contribution in [0.4, 0.5) is 5.69 Å². The maximum Gasteiger partial charge on any atom is 0.294 e. The van der Waals surface area contributed by atoms with Gasteiger partial charge >= 0.3 is 0 Å². The zero-order chi connectivity index (χ0) is 20.2. The number of benzene rings is 2. The summed E-state index contributed by atoms with van der Waals surface area (Å²) in [6.07, 6.45) is 3.69. The van der Waals surface area contributed by atoms with Crippen molar-refractivity contribution in [3.8, 4) is 5.75 Å². The highest BCUT2D eigenvalue weighted by Crippen LogP contribution is 2.35. The molecule has 1 saturated heterocycles. The van der Waals surface area contributed by atoms with E-state index in [4.69, 9.17) is 9.47 Å². The first kappa shape index (κ1) is 19.7. The predicted octanol–water partition coefficient (Wildman–Crippen LogP) is 3.51. The largest absolute Gasteiger partial charge is 0.449 e. The Labute approximate surface area is 177 Å². The van der Waals surface area contributed by atoms with Crippen LogP contribution >= 0.6 is 15.9 Å². The molecule has 6 nitrogen and oxygen atoms in total. The lowest BCUT2D eigenvalue weighted by molar-refractivity contribution is -0.123. The molecule has 29 heavy (non-hydrogen) atoms. The molecule has 0 saturated carbocycles. The van der Waals surface area contributed by atoms with E-state index >= 15 is 0 Å². The Kier molecular flexibility index (Phi) is 5.97. The van der Waals surface area contributed by atoms with Crippen LogP contribution in [0.25, 0.3) is 6.08 Å². The van der Waals surface area contributed by atoms with E-state index in [2.05, 4.69) is 21.2 Å². The van der Waals surface area contributed by atoms with Gasteiger partial charge in [0.05, 0.1) is 11.8 Å². The summed E-state index contributed by atoms with van der Waals surface area (Å²) in [6.45, 7) is 1.11. The van der Waals surface area contributed by atoms with Crippen molar-refractivity contribution >= 4 is 39.5 Å². The van der Waals surface area contributed by atoms with Crippen molar-refractivity contribution in [1.82, 2.24) is 5.32 Å². The van der Waals surface area contributed by atoms with Gasteiger partial charge < -0.3 is 14.8 Å². The molecule has 0 unspecified atom stereocenters. The van der Waals surface area contributed by atoms with E-state index in [1.54, 1.807) is 18.2 Å². The van der Waals surface area contributed by atoms with E-state index < -0.39 is 0 Å². The molecule has 1 fully saturated rings. The fourth-order valence-electron chi connectivity index (χ4n) is 3.40. The molecule has 2 aliphatic heterocycles. The Morgan fingerprint density at radius 2 is 2.10 bits per heavy atom. The molecule has 7 heteroatoms. The number of fused-ring (bicyclic) bond motifs is 1. The van der Waals surface area contributed by atoms with Gasteiger partial charge in [-0.3, -0.25) is 14.5 Å². The molecule has 1 atom stereocenters. The molecule has 2 amide bonds. The van der Waals surface area contributed by atoms with Gasteiger partial charge in [0.1, 0.15) is 6.54 Å². The zero-order valence-electron chi connectivity index (χ0n) is 15.8. The molecular weight excluding hydrogens is 436 g/mol. The Hall–Kier alpha value is -2.64. The van der Waals surface area contributed by atoms with Crippen molar-refractivity contribution in [2.24, 2.45) is 0 Å². The molecular formula is C22H21BrN2O4. The first-order chi connectivity index (χ1) is 14.1. The average molecular weight is 457 g/mol. The summed E-state index contributed by atoms with van der Waals surface area (Å²) in [5, 5.41) is 2.87. The van der Waals surface area contributed by atoms with E-state index in [9.17, 15) is 9.59 Å². The van der Waals surface area contributed by atoms with E-state index in [1.165, 1.54) is 4.90 Å². The first-order valence-electron chi connectivity index (χ1n) is 9.54. The lowest BCUT2D eigenvalue weighted by Gasteiger charge is -2.30. The second-order valence-corrected chi connectivity index (χ2v) is 7.88. The molecule has 0 bridgehead atoms. The van der Waals surface area contributed by atoms with Crippen LogP contribution in [0.15, 0.2) is 58.8 Å². The highest BCUT2D eigenvalue weighted by atomic mass is 79.9. The highest BCUT2D eigenvalue weighted by molar-refractivity contribution is 9.10. The van der Waals surface area contributed by atoms with E-state index in [1.807, 2.05) is 36.4 Å². The van der Waals surface area contributed by atoms with Gasteiger partial charge in [-0.1, -0.05) is 40.2 Å². The maximum absolute atomic E-state index is 13.1. The molecule has 150 valence electrons. The van der Waals surface area contributed by atoms with Crippen LogP contribution in [0.2, 0.25) is 0 Å². The second kappa shape index (κ2) is 8.80. The van der Waals surface area contributed by atoms with Gasteiger partial charge in [-0.15, -0.1) is 0 Å². The maximum atomic E-state index is 13.1. The van der Waals surface area contributed by atoms with Gasteiger partial charge in [-0.05, 0) is 48.7 Å². The van der Waals surface area contributed by atoms with Crippen LogP contribution in [0.5, 0.6) is 5.75 Å². The average Bonchev–Trinajstić information content (AvgIpc) is 3.23. The molecule has 1 N–H and O–H groups in total. The fraction of sp³-hybridized carbons (Fsp3) is 0.273. The molecule has 4 rings (SSSR count). The summed E-state index contributed by atoms with van der Waals surface area (Å²) in [6, 6.07) is 14.8. The Morgan fingerprint density at radius 3 is 2.90 bits per heavy atom. The van der Waals surface area contributed by atoms with E-state index in [-0.39, 0.29) is 30.2 Å². The molecule has 0 radical (unpaired) electrons. The van der Waals surface area contributed by atoms with Gasteiger partial charge in [0.15, 0.2) is 11.5 Å². The normalized spacial score (nSPS) is 19.8. The summed E-state index contributed by atoms with van der Waals surface area (Å²) < 4.78 is 12.3. The third-order valence-electron chi connectivity index (χ3n) is 4.83. The van der Waals surface area contributed by atoms with Crippen molar-refractivity contribution in [2.75, 3.05) is 24.6 Å². The van der Waals surface area contributed by atoms with Gasteiger partial charge in [0.2, 0.25) is 5.91 Å². The first-order valence-corrected chi connectivity index (χ1v) is 10.3. The molecule has 2 aliphatic rings. The number of hydrogen-bond donors (Lipinski definition) is 1. The van der Waals surface area contributed by atoms with Crippen LogP contribution in [0.3, 0.4) is 0 Å². The van der Waals surface area contributed by atoms with Gasteiger partial charge in [-0.2, -0.15) is 0 Å². The summed E-state index contributed by atoms with van der Waals surface area (Å²) in [7, 11) is 0. The number of hydrogen-bond acceptors (Lipinski definition) is 4. The molecule has 2 aromatic rings. The van der Waals surface area contributed by atoms with E-state index in [0.717, 1.165) is 29.5 Å². The van der Waals surface area contributed by atoms with Gasteiger partial charge in [0.25, 0.3) is 5.91 Å². The summed E-state index contributed by atoms with van der Waals surface area (Å²) in [5.74, 6) is 0.136. The number of halogens is 1. The second-order valence-electron chi connectivity index (χ2n) is 6.96. The number of amides is 2. The highest BCUT2D eigenvalue weighted by Gasteiger charge is 2.31. The monoisotopic (exact) mass is 456 g/mol. The number of para-hydroxylation sites is 2. The fourth-order valence-corrected chi connectivity index (χ4v) is 3.82. The summed E-state index contributed by atoms with van der Waals surface area (Å²) >= 11 is 3.43. The third kappa shape index (κ3) is 4.68. The van der Waals surface area contributed by atoms with Gasteiger partial charge in [-0.25, -0.2) is 0 Å². The molecule has 0 spiro atoms. The summed E-state index contributed by atoms with van der Waals surface area (Å²) in [4.78, 5) is 27.0. The van der Waals surface area contributed by atoms with Crippen molar-refractivity contribution in [2.45, 2.75) is 18.9 Å². The minimum atomic E-state index is -0.351. The third-order valence-corrected chi connectivity index (χ3v) is 5.32. The number of nitrogens with one attached hydrogen (secondary N) is 1. The SMILES string of the molecule is O=C(CN1C(=O)/C(=C\c2cccc(Br)c2)Oc2ccccc21)NC[C@H]1CCCO1. The Morgan fingerprint density at radius 1 is 1.24 bits per heavy atom. The van der Waals surface area contributed by atoms with Crippen molar-refractivity contribution in [3.63, 3.8) is 0 Å². The van der Waals surface area contributed by atoms with Crippen molar-refractivity contribution < 1.29 is 19.1 Å². The standard InChI is InChI=1S/C22H21BrN2O4/c23-16-6-3-5-15(11-16)12-20-22(27)25(18-8-1-2-9-19(18)29-20)14-21(26)24-13-17-7-4-10-28-17/h1-3,5-6,8-9,11-12,17H,4,7,10,13-14H2,(H,24,26)/b20-12+/t17-/m1/s1. The zero-order valence-corrected chi connectivity index (χ0v) is 17.4. The van der Waals surface area contributed by atoms with Crippen LogP contribution in [0, 0.1) is 0 Å². The van der Waals surface area contributed by atoms with Crippen molar-refractivity contribution in [3.05, 3.63) is 64.3 Å². The van der Waals surface area contributed by atoms with Gasteiger partial charge in [0, 0.05) is 17.6 Å². The molecule has 0 aromatic heterocycles. The lowest BCUT2D eigenvalue weighted by atomic mass is 10.1. The quantitative estimate of drug-likeness (QED) is 0.698. The lowest BCUT2D eigenvalue weighted by Crippen LogP contribution is -2.45. The smallest absolute Gasteiger partial charge is 0.294 e. The molecule has 2 aromatic carbocycles. The van der Waals surface area contributed by atoms with E-state index in [0.29, 0.717) is 18.0 Å². The topological polar surface area (TPSA) is 67.9 Å². The number of ether oxygens (including phenoxy) is 2. The van der Waals surface area contributed by atoms with Crippen molar-refractivity contribution in [1.29, 1.82) is 0 Å². The number of anilines is 1. The van der Waals surface area contributed by atoms with Crippen LogP contribution in [-0.4, -0.2) is 37.6 Å². The number of nitrogens with zero attached hydrogens (tertiary/aromatic N) is 1. The number of carbonyl (C=O) groups is 2.